The molecule has 5 aliphatic rings. The van der Waals surface area contributed by atoms with Crippen molar-refractivity contribution in [1.29, 1.82) is 0 Å². The highest BCUT2D eigenvalue weighted by atomic mass is 16.6. The summed E-state index contributed by atoms with van der Waals surface area (Å²) in [5.74, 6) is 1.85. The maximum absolute atomic E-state index is 12.1. The molecule has 0 spiro atoms. The molecular formula is C28H41N5O4. The molecule has 202 valence electrons. The summed E-state index contributed by atoms with van der Waals surface area (Å²) in [6.45, 7) is 11.5. The monoisotopic (exact) mass is 511 g/mol. The molecule has 2 bridgehead atoms. The minimum atomic E-state index is -0.314. The Morgan fingerprint density at radius 1 is 1.27 bits per heavy atom. The van der Waals surface area contributed by atoms with Gasteiger partial charge in [0.2, 0.25) is 0 Å². The van der Waals surface area contributed by atoms with Crippen LogP contribution in [0.3, 0.4) is 0 Å². The number of fused-ring (bicyclic) bond motifs is 1. The maximum Gasteiger partial charge on any atom is 0.317 e. The van der Waals surface area contributed by atoms with Crippen molar-refractivity contribution < 1.29 is 19.0 Å². The van der Waals surface area contributed by atoms with E-state index < -0.39 is 0 Å². The standard InChI is InChI=1S/C28H41N5O4/c1-7-30-28(34)33-9-8-18(15-33)13-31-17(3)25-20-12-21(25)26(16(20)2)32-14-22(29)19-10-23(35-4)27(37-6)24(11-19)36-5/h10-12,14,16,18,21,23,25,27,31H,3,7-9,13,15,29H2,1-2,4-6H3,(H,30,34)/b22-14-,32-26?. The Kier molecular flexibility index (Phi) is 8.44. The molecule has 4 N–H and O–H groups in total. The average Bonchev–Trinajstić information content (AvgIpc) is 3.56. The highest BCUT2D eigenvalue weighted by molar-refractivity contribution is 6.01. The molecule has 1 saturated carbocycles. The van der Waals surface area contributed by atoms with E-state index in [0.717, 1.165) is 43.0 Å². The van der Waals surface area contributed by atoms with E-state index in [-0.39, 0.29) is 36.0 Å². The number of carbonyl (C=O) groups excluding carboxylic acids is 1. The highest BCUT2D eigenvalue weighted by Gasteiger charge is 2.49. The van der Waals surface area contributed by atoms with Gasteiger partial charge in [-0.3, -0.25) is 4.99 Å². The Morgan fingerprint density at radius 3 is 2.73 bits per heavy atom. The fourth-order valence-corrected chi connectivity index (χ4v) is 5.80. The first-order valence-electron chi connectivity index (χ1n) is 13.1. The number of likely N-dealkylation sites (tertiary alicyclic amines) is 1. The summed E-state index contributed by atoms with van der Waals surface area (Å²) in [6.07, 6.45) is 8.23. The number of ether oxygens (including phenoxy) is 3. The molecule has 1 saturated heterocycles. The van der Waals surface area contributed by atoms with Crippen LogP contribution >= 0.6 is 0 Å². The zero-order valence-electron chi connectivity index (χ0n) is 22.6. The normalized spacial score (nSPS) is 31.9. The predicted octanol–water partition coefficient (Wildman–Crippen LogP) is 2.70. The van der Waals surface area contributed by atoms with Crippen molar-refractivity contribution in [2.45, 2.75) is 32.5 Å². The van der Waals surface area contributed by atoms with E-state index in [1.165, 1.54) is 5.57 Å². The first-order chi connectivity index (χ1) is 17.8. The average molecular weight is 512 g/mol. The van der Waals surface area contributed by atoms with E-state index in [1.54, 1.807) is 27.5 Å². The van der Waals surface area contributed by atoms with Crippen LogP contribution < -0.4 is 16.4 Å². The largest absolute Gasteiger partial charge is 0.498 e. The van der Waals surface area contributed by atoms with Crippen LogP contribution in [-0.2, 0) is 14.2 Å². The molecular weight excluding hydrogens is 470 g/mol. The number of aliphatic imine (C=N–C) groups is 1. The zero-order valence-corrected chi connectivity index (χ0v) is 22.6. The molecule has 2 amide bonds. The Bertz CT molecular complexity index is 1060. The molecule has 1 heterocycles. The Hall–Kier alpha value is -3.04. The van der Waals surface area contributed by atoms with Crippen molar-refractivity contribution in [3.05, 3.63) is 59.3 Å². The molecule has 9 nitrogen and oxygen atoms in total. The summed E-state index contributed by atoms with van der Waals surface area (Å²) < 4.78 is 16.6. The van der Waals surface area contributed by atoms with Gasteiger partial charge < -0.3 is 35.5 Å². The zero-order chi connectivity index (χ0) is 26.7. The van der Waals surface area contributed by atoms with Gasteiger partial charge in [0.15, 0.2) is 0 Å². The highest BCUT2D eigenvalue weighted by Crippen LogP contribution is 2.51. The van der Waals surface area contributed by atoms with E-state index in [1.807, 2.05) is 24.0 Å². The second kappa shape index (κ2) is 11.6. The van der Waals surface area contributed by atoms with Crippen LogP contribution in [-0.4, -0.2) is 76.4 Å². The third-order valence-corrected chi connectivity index (χ3v) is 7.94. The number of amides is 2. The minimum Gasteiger partial charge on any atom is -0.498 e. The lowest BCUT2D eigenvalue weighted by Crippen LogP contribution is -2.39. The lowest BCUT2D eigenvalue weighted by Gasteiger charge is -2.30. The first kappa shape index (κ1) is 27.0. The van der Waals surface area contributed by atoms with Crippen LogP contribution in [0, 0.1) is 23.7 Å². The molecule has 0 aromatic carbocycles. The van der Waals surface area contributed by atoms with Gasteiger partial charge in [-0.1, -0.05) is 25.2 Å². The summed E-state index contributed by atoms with van der Waals surface area (Å²) in [4.78, 5) is 18.8. The number of nitrogens with two attached hydrogens (primary N) is 1. The fourth-order valence-electron chi connectivity index (χ4n) is 5.80. The van der Waals surface area contributed by atoms with Crippen LogP contribution in [0.5, 0.6) is 0 Å². The Morgan fingerprint density at radius 2 is 2.05 bits per heavy atom. The number of nitrogens with one attached hydrogen (secondary N) is 2. The molecule has 4 aliphatic carbocycles. The molecule has 6 atom stereocenters. The molecule has 6 unspecified atom stereocenters. The second-order valence-electron chi connectivity index (χ2n) is 10.1. The Balaban J connectivity index is 1.36. The van der Waals surface area contributed by atoms with Crippen LogP contribution in [0.4, 0.5) is 4.79 Å². The van der Waals surface area contributed by atoms with Crippen molar-refractivity contribution >= 4 is 11.7 Å². The van der Waals surface area contributed by atoms with Crippen molar-refractivity contribution in [2.24, 2.45) is 34.4 Å². The SMILES string of the molecule is C=C(NCC1CCN(C(=O)NCC)C1)C1C2=CC1C(=N/C=C(\N)C1=CC(OC)C(OC)C(OC)=C1)C2C. The number of urea groups is 1. The van der Waals surface area contributed by atoms with Gasteiger partial charge in [-0.05, 0) is 31.4 Å². The number of nitrogens with zero attached hydrogens (tertiary/aromatic N) is 2. The third kappa shape index (κ3) is 5.33. The van der Waals surface area contributed by atoms with Gasteiger partial charge in [-0.2, -0.15) is 0 Å². The van der Waals surface area contributed by atoms with Gasteiger partial charge in [0, 0.05) is 75.1 Å². The van der Waals surface area contributed by atoms with Crippen LogP contribution in [0.25, 0.3) is 0 Å². The summed E-state index contributed by atoms with van der Waals surface area (Å²) in [7, 11) is 4.88. The smallest absolute Gasteiger partial charge is 0.317 e. The van der Waals surface area contributed by atoms with Gasteiger partial charge in [0.1, 0.15) is 18.0 Å². The molecule has 0 aromatic heterocycles. The molecule has 37 heavy (non-hydrogen) atoms. The molecule has 1 aliphatic heterocycles. The topological polar surface area (TPSA) is 110 Å². The molecule has 2 fully saturated rings. The van der Waals surface area contributed by atoms with E-state index in [0.29, 0.717) is 23.9 Å². The van der Waals surface area contributed by atoms with Crippen molar-refractivity contribution in [1.82, 2.24) is 15.5 Å². The fraction of sp³-hybridized carbons (Fsp3) is 0.571. The van der Waals surface area contributed by atoms with E-state index >= 15 is 0 Å². The second-order valence-corrected chi connectivity index (χ2v) is 10.1. The number of hydrogen-bond acceptors (Lipinski definition) is 7. The Labute approximate surface area is 220 Å². The number of allylic oxidation sites excluding steroid dienone is 3. The van der Waals surface area contributed by atoms with Crippen molar-refractivity contribution in [3.8, 4) is 0 Å². The van der Waals surface area contributed by atoms with Crippen LogP contribution in [0.1, 0.15) is 20.3 Å². The van der Waals surface area contributed by atoms with Crippen molar-refractivity contribution in [2.75, 3.05) is 47.5 Å². The lowest BCUT2D eigenvalue weighted by atomic mass is 9.79. The minimum absolute atomic E-state index is 0.0298. The summed E-state index contributed by atoms with van der Waals surface area (Å²) in [5.41, 5.74) is 11.3. The number of hydrogen-bond donors (Lipinski definition) is 3. The van der Waals surface area contributed by atoms with Gasteiger partial charge >= 0.3 is 6.03 Å². The van der Waals surface area contributed by atoms with Crippen molar-refractivity contribution in [3.63, 3.8) is 0 Å². The molecule has 0 radical (unpaired) electrons. The van der Waals surface area contributed by atoms with Gasteiger partial charge in [0.05, 0.1) is 19.0 Å². The molecule has 9 heteroatoms. The van der Waals surface area contributed by atoms with E-state index in [9.17, 15) is 4.79 Å². The number of rotatable bonds is 10. The number of carbonyl (C=O) groups is 1. The predicted molar refractivity (Wildman–Crippen MR) is 145 cm³/mol. The van der Waals surface area contributed by atoms with E-state index in [4.69, 9.17) is 24.9 Å². The maximum atomic E-state index is 12.1. The van der Waals surface area contributed by atoms with Crippen LogP contribution in [0.15, 0.2) is 64.3 Å². The molecule has 0 aromatic rings. The summed E-state index contributed by atoms with van der Waals surface area (Å²) in [6, 6.07) is 0.0298. The van der Waals surface area contributed by atoms with Gasteiger partial charge in [-0.25, -0.2) is 4.79 Å². The first-order valence-corrected chi connectivity index (χ1v) is 13.1. The van der Waals surface area contributed by atoms with Gasteiger partial charge in [0.25, 0.3) is 0 Å². The summed E-state index contributed by atoms with van der Waals surface area (Å²) in [5, 5.41) is 6.45. The third-order valence-electron chi connectivity index (χ3n) is 7.94. The van der Waals surface area contributed by atoms with E-state index in [2.05, 4.69) is 30.2 Å². The summed E-state index contributed by atoms with van der Waals surface area (Å²) >= 11 is 0. The lowest BCUT2D eigenvalue weighted by molar-refractivity contribution is -0.0188. The quantitative estimate of drug-likeness (QED) is 0.389. The number of methoxy groups -OCH3 is 3. The molecule has 5 rings (SSSR count). The van der Waals surface area contributed by atoms with Gasteiger partial charge in [-0.15, -0.1) is 0 Å². The van der Waals surface area contributed by atoms with Crippen LogP contribution in [0.2, 0.25) is 0 Å².